The van der Waals surface area contributed by atoms with Gasteiger partial charge in [0.05, 0.1) is 12.8 Å². The van der Waals surface area contributed by atoms with E-state index in [1.165, 1.54) is 36.8 Å². The van der Waals surface area contributed by atoms with Crippen molar-refractivity contribution in [3.8, 4) is 5.75 Å². The van der Waals surface area contributed by atoms with Crippen LogP contribution in [0.15, 0.2) is 24.3 Å². The maximum atomic E-state index is 10.4. The SMILES string of the molecule is COc1cccc2cc(CC3CCCCC3)n(O)c12. The molecule has 1 saturated carbocycles. The lowest BCUT2D eigenvalue weighted by Crippen LogP contribution is -2.11. The van der Waals surface area contributed by atoms with E-state index in [0.717, 1.165) is 34.7 Å². The lowest BCUT2D eigenvalue weighted by atomic mass is 9.86. The number of fused-ring (bicyclic) bond motifs is 1. The van der Waals surface area contributed by atoms with E-state index in [-0.39, 0.29) is 0 Å². The Morgan fingerprint density at radius 3 is 2.79 bits per heavy atom. The Morgan fingerprint density at radius 1 is 1.26 bits per heavy atom. The average molecular weight is 259 g/mol. The fourth-order valence-corrected chi connectivity index (χ4v) is 3.26. The summed E-state index contributed by atoms with van der Waals surface area (Å²) in [4.78, 5) is 0. The first-order valence-corrected chi connectivity index (χ1v) is 7.16. The number of hydrogen-bond donors (Lipinski definition) is 1. The smallest absolute Gasteiger partial charge is 0.146 e. The maximum absolute atomic E-state index is 10.4. The van der Waals surface area contributed by atoms with Gasteiger partial charge in [-0.15, -0.1) is 0 Å². The van der Waals surface area contributed by atoms with Crippen molar-refractivity contribution in [3.63, 3.8) is 0 Å². The molecule has 0 unspecified atom stereocenters. The van der Waals surface area contributed by atoms with Crippen molar-refractivity contribution in [1.29, 1.82) is 0 Å². The molecule has 102 valence electrons. The molecule has 1 aromatic heterocycles. The van der Waals surface area contributed by atoms with Crippen LogP contribution in [0.4, 0.5) is 0 Å². The largest absolute Gasteiger partial charge is 0.494 e. The monoisotopic (exact) mass is 259 g/mol. The summed E-state index contributed by atoms with van der Waals surface area (Å²) in [7, 11) is 1.64. The number of hydrogen-bond acceptors (Lipinski definition) is 2. The molecule has 0 aliphatic heterocycles. The van der Waals surface area contributed by atoms with E-state index in [1.54, 1.807) is 7.11 Å². The minimum absolute atomic E-state index is 0.718. The molecule has 0 bridgehead atoms. The second kappa shape index (κ2) is 5.16. The summed E-state index contributed by atoms with van der Waals surface area (Å²) in [6.45, 7) is 0. The summed E-state index contributed by atoms with van der Waals surface area (Å²) < 4.78 is 6.65. The molecule has 3 rings (SSSR count). The zero-order chi connectivity index (χ0) is 13.2. The third kappa shape index (κ3) is 2.29. The van der Waals surface area contributed by atoms with Gasteiger partial charge in [0.15, 0.2) is 0 Å². The minimum Gasteiger partial charge on any atom is -0.494 e. The second-order valence-electron chi connectivity index (χ2n) is 5.55. The van der Waals surface area contributed by atoms with Gasteiger partial charge in [-0.3, -0.25) is 0 Å². The molecule has 0 radical (unpaired) electrons. The summed E-state index contributed by atoms with van der Waals surface area (Å²) in [5, 5.41) is 11.4. The van der Waals surface area contributed by atoms with Crippen LogP contribution in [0.3, 0.4) is 0 Å². The first-order chi connectivity index (χ1) is 9.29. The van der Waals surface area contributed by atoms with Crippen molar-refractivity contribution in [2.24, 2.45) is 5.92 Å². The number of nitrogens with zero attached hydrogens (tertiary/aromatic N) is 1. The van der Waals surface area contributed by atoms with E-state index in [2.05, 4.69) is 6.07 Å². The first-order valence-electron chi connectivity index (χ1n) is 7.16. The van der Waals surface area contributed by atoms with Crippen LogP contribution in [0, 0.1) is 5.92 Å². The predicted octanol–water partition coefficient (Wildman–Crippen LogP) is 4.01. The Balaban J connectivity index is 1.93. The van der Waals surface area contributed by atoms with Gasteiger partial charge in [-0.25, -0.2) is 0 Å². The van der Waals surface area contributed by atoms with Gasteiger partial charge in [-0.05, 0) is 24.5 Å². The van der Waals surface area contributed by atoms with Gasteiger partial charge in [-0.1, -0.05) is 44.2 Å². The van der Waals surface area contributed by atoms with E-state index in [1.807, 2.05) is 18.2 Å². The van der Waals surface area contributed by atoms with Gasteiger partial charge in [0.1, 0.15) is 11.3 Å². The molecule has 0 spiro atoms. The third-order valence-corrected chi connectivity index (χ3v) is 4.28. The quantitative estimate of drug-likeness (QED) is 0.845. The normalized spacial score (nSPS) is 16.9. The van der Waals surface area contributed by atoms with E-state index in [9.17, 15) is 5.21 Å². The van der Waals surface area contributed by atoms with E-state index >= 15 is 0 Å². The zero-order valence-corrected chi connectivity index (χ0v) is 11.4. The van der Waals surface area contributed by atoms with Gasteiger partial charge >= 0.3 is 0 Å². The maximum Gasteiger partial charge on any atom is 0.146 e. The number of methoxy groups -OCH3 is 1. The van der Waals surface area contributed by atoms with Gasteiger partial charge < -0.3 is 9.94 Å². The molecule has 1 aliphatic carbocycles. The highest BCUT2D eigenvalue weighted by Gasteiger charge is 2.18. The third-order valence-electron chi connectivity index (χ3n) is 4.28. The molecule has 2 aromatic rings. The number of benzene rings is 1. The average Bonchev–Trinajstić information content (AvgIpc) is 2.77. The Labute approximate surface area is 113 Å². The van der Waals surface area contributed by atoms with Crippen molar-refractivity contribution < 1.29 is 9.94 Å². The molecule has 3 nitrogen and oxygen atoms in total. The van der Waals surface area contributed by atoms with Crippen molar-refractivity contribution in [2.45, 2.75) is 38.5 Å². The predicted molar refractivity (Wildman–Crippen MR) is 76.0 cm³/mol. The molecular weight excluding hydrogens is 238 g/mol. The fraction of sp³-hybridized carbons (Fsp3) is 0.500. The van der Waals surface area contributed by atoms with Crippen LogP contribution in [0.1, 0.15) is 37.8 Å². The van der Waals surface area contributed by atoms with Gasteiger partial charge in [-0.2, -0.15) is 4.73 Å². The molecule has 1 N–H and O–H groups in total. The summed E-state index contributed by atoms with van der Waals surface area (Å²) in [6.07, 6.45) is 7.58. The molecule has 0 saturated heterocycles. The van der Waals surface area contributed by atoms with Crippen LogP contribution < -0.4 is 4.74 Å². The minimum atomic E-state index is 0.718. The van der Waals surface area contributed by atoms with Crippen LogP contribution in [-0.4, -0.2) is 17.0 Å². The van der Waals surface area contributed by atoms with Gasteiger partial charge in [0.25, 0.3) is 0 Å². The lowest BCUT2D eigenvalue weighted by molar-refractivity contribution is 0.183. The van der Waals surface area contributed by atoms with Crippen molar-refractivity contribution in [3.05, 3.63) is 30.0 Å². The van der Waals surface area contributed by atoms with Crippen LogP contribution in [0.25, 0.3) is 10.9 Å². The van der Waals surface area contributed by atoms with Crippen LogP contribution in [0.5, 0.6) is 5.75 Å². The van der Waals surface area contributed by atoms with Crippen molar-refractivity contribution >= 4 is 10.9 Å². The number of aromatic nitrogens is 1. The van der Waals surface area contributed by atoms with Crippen LogP contribution in [-0.2, 0) is 6.42 Å². The van der Waals surface area contributed by atoms with Gasteiger partial charge in [0.2, 0.25) is 0 Å². The Kier molecular flexibility index (Phi) is 3.36. The molecule has 0 atom stereocenters. The summed E-state index contributed by atoms with van der Waals surface area (Å²) in [5.74, 6) is 1.45. The molecule has 1 aliphatic rings. The number of rotatable bonds is 3. The molecule has 1 aromatic carbocycles. The summed E-state index contributed by atoms with van der Waals surface area (Å²) >= 11 is 0. The van der Waals surface area contributed by atoms with Crippen LogP contribution in [0.2, 0.25) is 0 Å². The molecule has 0 amide bonds. The number of para-hydroxylation sites is 1. The molecule has 19 heavy (non-hydrogen) atoms. The Morgan fingerprint density at radius 2 is 2.05 bits per heavy atom. The fourth-order valence-electron chi connectivity index (χ4n) is 3.26. The van der Waals surface area contributed by atoms with E-state index in [0.29, 0.717) is 0 Å². The summed E-state index contributed by atoms with van der Waals surface area (Å²) in [6, 6.07) is 7.96. The standard InChI is InChI=1S/C16H21NO2/c1-19-15-9-5-8-13-11-14(17(18)16(13)15)10-12-6-3-2-4-7-12/h5,8-9,11-12,18H,2-4,6-7,10H2,1H3. The van der Waals surface area contributed by atoms with E-state index < -0.39 is 0 Å². The van der Waals surface area contributed by atoms with Crippen molar-refractivity contribution in [2.75, 3.05) is 7.11 Å². The van der Waals surface area contributed by atoms with Crippen LogP contribution >= 0.6 is 0 Å². The second-order valence-corrected chi connectivity index (χ2v) is 5.55. The lowest BCUT2D eigenvalue weighted by Gasteiger charge is -2.21. The highest BCUT2D eigenvalue weighted by atomic mass is 16.5. The van der Waals surface area contributed by atoms with E-state index in [4.69, 9.17) is 4.74 Å². The molecule has 3 heteroatoms. The summed E-state index contributed by atoms with van der Waals surface area (Å²) in [5.41, 5.74) is 1.79. The Hall–Kier alpha value is -1.64. The van der Waals surface area contributed by atoms with Crippen molar-refractivity contribution in [1.82, 2.24) is 4.73 Å². The first kappa shape index (κ1) is 12.4. The highest BCUT2D eigenvalue weighted by molar-refractivity contribution is 5.86. The highest BCUT2D eigenvalue weighted by Crippen LogP contribution is 2.31. The molecule has 1 heterocycles. The van der Waals surface area contributed by atoms with Gasteiger partial charge in [0, 0.05) is 5.39 Å². The Bertz CT molecular complexity index is 567. The molecule has 1 fully saturated rings. The number of ether oxygens (including phenoxy) is 1. The topological polar surface area (TPSA) is 34.4 Å². The zero-order valence-electron chi connectivity index (χ0n) is 11.4. The molecular formula is C16H21NO2.